The van der Waals surface area contributed by atoms with Crippen molar-refractivity contribution in [2.75, 3.05) is 57.7 Å². The van der Waals surface area contributed by atoms with Gasteiger partial charge >= 0.3 is 23.9 Å². The number of ether oxygens (including phenoxy) is 3. The number of amides is 5. The Morgan fingerprint density at radius 1 is 0.833 bits per heavy atom. The average Bonchev–Trinajstić information content (AvgIpc) is 3.51. The van der Waals surface area contributed by atoms with Gasteiger partial charge in [0.1, 0.15) is 34.9 Å². The number of urea groups is 1. The molecule has 54 heavy (non-hydrogen) atoms. The number of piperazine rings is 1. The fourth-order valence-corrected chi connectivity index (χ4v) is 6.86. The predicted octanol–water partition coefficient (Wildman–Crippen LogP) is 3.68. The summed E-state index contributed by atoms with van der Waals surface area (Å²) in [6.07, 6.45) is 0.502. The number of likely N-dealkylation sites (tertiary alicyclic amines) is 1. The number of carbonyl (C=O) groups excluding carboxylic acids is 4. The zero-order valence-electron chi connectivity index (χ0n) is 32.9. The molecule has 3 atom stereocenters. The first-order valence-electron chi connectivity index (χ1n) is 18.6. The highest BCUT2D eigenvalue weighted by atomic mass is 16.6. The predicted molar refractivity (Wildman–Crippen MR) is 202 cm³/mol. The molecule has 16 heteroatoms. The third-order valence-corrected chi connectivity index (χ3v) is 9.75. The van der Waals surface area contributed by atoms with Crippen molar-refractivity contribution in [3.63, 3.8) is 0 Å². The molecule has 3 aliphatic rings. The van der Waals surface area contributed by atoms with E-state index >= 15 is 0 Å². The Bertz CT molecular complexity index is 1730. The van der Waals surface area contributed by atoms with Crippen molar-refractivity contribution in [3.8, 4) is 11.4 Å². The van der Waals surface area contributed by atoms with Crippen molar-refractivity contribution in [1.82, 2.24) is 34.9 Å². The largest absolute Gasteiger partial charge is 0.492 e. The molecule has 5 rings (SSSR count). The number of aromatic nitrogens is 2. The highest BCUT2D eigenvalue weighted by Gasteiger charge is 2.56. The summed E-state index contributed by atoms with van der Waals surface area (Å²) >= 11 is 0. The molecular weight excluding hydrogens is 696 g/mol. The van der Waals surface area contributed by atoms with Crippen LogP contribution in [0, 0.1) is 17.8 Å². The lowest BCUT2D eigenvalue weighted by Gasteiger charge is -2.38. The molecule has 3 heterocycles. The highest BCUT2D eigenvalue weighted by molar-refractivity contribution is 5.90. The summed E-state index contributed by atoms with van der Waals surface area (Å²) in [6, 6.07) is 8.51. The molecule has 296 valence electrons. The lowest BCUT2D eigenvalue weighted by Crippen LogP contribution is -2.60. The fourth-order valence-electron chi connectivity index (χ4n) is 6.86. The van der Waals surface area contributed by atoms with Crippen molar-refractivity contribution in [3.05, 3.63) is 47.0 Å². The second kappa shape index (κ2) is 15.9. The first-order chi connectivity index (χ1) is 25.2. The molecule has 3 fully saturated rings. The molecule has 2 aliphatic heterocycles. The lowest BCUT2D eigenvalue weighted by atomic mass is 10.0. The van der Waals surface area contributed by atoms with E-state index in [0.29, 0.717) is 42.3 Å². The summed E-state index contributed by atoms with van der Waals surface area (Å²) in [4.78, 5) is 72.9. The number of benzene rings is 1. The van der Waals surface area contributed by atoms with Crippen LogP contribution >= 0.6 is 0 Å². The summed E-state index contributed by atoms with van der Waals surface area (Å²) in [6.45, 7) is 20.4. The lowest BCUT2D eigenvalue weighted by molar-refractivity contribution is -0.138. The molecule has 0 bridgehead atoms. The highest BCUT2D eigenvalue weighted by Crippen LogP contribution is 2.51. The van der Waals surface area contributed by atoms with Gasteiger partial charge in [0.15, 0.2) is 0 Å². The van der Waals surface area contributed by atoms with Crippen LogP contribution in [0.3, 0.4) is 0 Å². The van der Waals surface area contributed by atoms with E-state index in [1.807, 2.05) is 32.9 Å². The van der Waals surface area contributed by atoms with Crippen LogP contribution in [0.15, 0.2) is 41.3 Å². The zero-order chi connectivity index (χ0) is 39.6. The number of nitrogens with one attached hydrogen (secondary N) is 3. The maximum Gasteiger partial charge on any atom is 0.408 e. The van der Waals surface area contributed by atoms with Crippen LogP contribution in [0.1, 0.15) is 62.3 Å². The average molecular weight is 753 g/mol. The third kappa shape index (κ3) is 10.6. The molecule has 5 amide bonds. The van der Waals surface area contributed by atoms with Crippen LogP contribution in [0.2, 0.25) is 0 Å². The number of rotatable bonds is 10. The Morgan fingerprint density at radius 2 is 1.41 bits per heavy atom. The number of piperidine rings is 1. The van der Waals surface area contributed by atoms with E-state index in [9.17, 15) is 24.0 Å². The number of alkyl carbamates (subject to hydrolysis) is 2. The standard InChI is InChI=1S/C38H56N8O8/c1-24(45-21-28-27(29(28)22-45)20-39-34(50)53-36(2,3)4)23-52-26-12-10-25(11-13-26)46-15-14-30(41-33(46)49)40-32(48)44-18-16-43(17-19-44)31(47)38(8,9)42-35(51)54-37(5,6)7/h10-15,24,27-29H,16-23H2,1-9H3,(H,39,50)(H,42,51)(H,40,41,48,49). The molecular formula is C38H56N8O8. The molecule has 16 nitrogen and oxygen atoms in total. The van der Waals surface area contributed by atoms with E-state index in [0.717, 1.165) is 13.1 Å². The van der Waals surface area contributed by atoms with Gasteiger partial charge in [-0.1, -0.05) is 0 Å². The van der Waals surface area contributed by atoms with E-state index in [1.165, 1.54) is 4.57 Å². The van der Waals surface area contributed by atoms with Gasteiger partial charge in [-0.3, -0.25) is 19.6 Å². The van der Waals surface area contributed by atoms with Gasteiger partial charge in [0.05, 0.1) is 5.69 Å². The summed E-state index contributed by atoms with van der Waals surface area (Å²) in [7, 11) is 0. The molecule has 1 aromatic carbocycles. The summed E-state index contributed by atoms with van der Waals surface area (Å²) < 4.78 is 18.1. The van der Waals surface area contributed by atoms with E-state index < -0.39 is 34.6 Å². The topological polar surface area (TPSA) is 177 Å². The number of carbonyl (C=O) groups is 4. The molecule has 1 saturated carbocycles. The minimum Gasteiger partial charge on any atom is -0.492 e. The fraction of sp³-hybridized carbons (Fsp3) is 0.632. The van der Waals surface area contributed by atoms with Crippen molar-refractivity contribution in [1.29, 1.82) is 0 Å². The molecule has 1 aromatic heterocycles. The number of hydrogen-bond acceptors (Lipinski definition) is 10. The van der Waals surface area contributed by atoms with E-state index in [-0.39, 0.29) is 50.0 Å². The van der Waals surface area contributed by atoms with Crippen molar-refractivity contribution in [2.24, 2.45) is 17.8 Å². The maximum atomic E-state index is 13.1. The van der Waals surface area contributed by atoms with Crippen molar-refractivity contribution >= 4 is 29.9 Å². The Hall–Kier alpha value is -4.86. The molecule has 2 saturated heterocycles. The van der Waals surface area contributed by atoms with Gasteiger partial charge < -0.3 is 34.6 Å². The van der Waals surface area contributed by atoms with Gasteiger partial charge in [-0.05, 0) is 110 Å². The van der Waals surface area contributed by atoms with Gasteiger partial charge in [-0.25, -0.2) is 19.2 Å². The monoisotopic (exact) mass is 752 g/mol. The van der Waals surface area contributed by atoms with E-state index in [2.05, 4.69) is 32.8 Å². The smallest absolute Gasteiger partial charge is 0.408 e. The number of fused-ring (bicyclic) bond motifs is 1. The third-order valence-electron chi connectivity index (χ3n) is 9.75. The molecule has 3 unspecified atom stereocenters. The molecule has 1 aliphatic carbocycles. The maximum absolute atomic E-state index is 13.1. The van der Waals surface area contributed by atoms with Gasteiger partial charge in [-0.2, -0.15) is 4.98 Å². The van der Waals surface area contributed by atoms with E-state index in [4.69, 9.17) is 14.2 Å². The van der Waals surface area contributed by atoms with Gasteiger partial charge in [-0.15, -0.1) is 0 Å². The number of nitrogens with zero attached hydrogens (tertiary/aromatic N) is 5. The zero-order valence-corrected chi connectivity index (χ0v) is 32.9. The Morgan fingerprint density at radius 3 is 1.98 bits per heavy atom. The second-order valence-corrected chi connectivity index (χ2v) is 16.9. The summed E-state index contributed by atoms with van der Waals surface area (Å²) in [5.41, 5.74) is -2.36. The number of anilines is 1. The Kier molecular flexibility index (Phi) is 11.8. The van der Waals surface area contributed by atoms with E-state index in [1.54, 1.807) is 68.8 Å². The quantitative estimate of drug-likeness (QED) is 0.325. The van der Waals surface area contributed by atoms with Gasteiger partial charge in [0, 0.05) is 58.1 Å². The molecule has 0 radical (unpaired) electrons. The molecule has 2 aromatic rings. The molecule has 0 spiro atoms. The van der Waals surface area contributed by atoms with Crippen molar-refractivity contribution < 1.29 is 33.4 Å². The summed E-state index contributed by atoms with van der Waals surface area (Å²) in [5.74, 6) is 2.17. The normalized spacial score (nSPS) is 20.7. The minimum absolute atomic E-state index is 0.113. The van der Waals surface area contributed by atoms with Crippen LogP contribution in [0.5, 0.6) is 5.75 Å². The van der Waals surface area contributed by atoms with Gasteiger partial charge in [0.2, 0.25) is 5.91 Å². The van der Waals surface area contributed by atoms with Crippen LogP contribution in [-0.2, 0) is 14.3 Å². The Labute approximate surface area is 316 Å². The summed E-state index contributed by atoms with van der Waals surface area (Å²) in [5, 5.41) is 8.22. The first-order valence-corrected chi connectivity index (χ1v) is 18.6. The first kappa shape index (κ1) is 40.3. The van der Waals surface area contributed by atoms with Crippen molar-refractivity contribution in [2.45, 2.75) is 85.1 Å². The van der Waals surface area contributed by atoms with Crippen LogP contribution in [0.4, 0.5) is 20.2 Å². The SMILES string of the molecule is CC(COc1ccc(-n2ccc(NC(=O)N3CCN(C(=O)C(C)(C)NC(=O)OC(C)(C)C)CC3)nc2=O)cc1)N1CC2C(CNC(=O)OC(C)(C)C)C2C1. The van der Waals surface area contributed by atoms with Crippen LogP contribution in [-0.4, -0.2) is 124 Å². The minimum atomic E-state index is -1.20. The van der Waals surface area contributed by atoms with Crippen LogP contribution < -0.4 is 26.4 Å². The number of hydrogen-bond donors (Lipinski definition) is 3. The van der Waals surface area contributed by atoms with Gasteiger partial charge in [0.25, 0.3) is 0 Å². The second-order valence-electron chi connectivity index (χ2n) is 16.9. The van der Waals surface area contributed by atoms with Crippen LogP contribution in [0.25, 0.3) is 5.69 Å². The molecule has 3 N–H and O–H groups in total. The Balaban J connectivity index is 1.03.